The van der Waals surface area contributed by atoms with Gasteiger partial charge in [0.15, 0.2) is 11.3 Å². The molecule has 2 aromatic carbocycles. The summed E-state index contributed by atoms with van der Waals surface area (Å²) >= 11 is 4.90. The van der Waals surface area contributed by atoms with Crippen LogP contribution in [-0.2, 0) is 4.79 Å². The molecule has 8 heteroatoms. The number of thioether (sulfide) groups is 1. The number of halogens is 1. The summed E-state index contributed by atoms with van der Waals surface area (Å²) in [4.78, 5) is 17.6. The van der Waals surface area contributed by atoms with Crippen molar-refractivity contribution in [3.8, 4) is 5.75 Å². The largest absolute Gasteiger partial charge is 0.496 e. The molecule has 0 radical (unpaired) electrons. The van der Waals surface area contributed by atoms with E-state index in [9.17, 15) is 4.79 Å². The van der Waals surface area contributed by atoms with Gasteiger partial charge in [-0.1, -0.05) is 36.0 Å². The zero-order valence-electron chi connectivity index (χ0n) is 14.1. The number of nitrogens with one attached hydrogen (secondary N) is 1. The highest BCUT2D eigenvalue weighted by atomic mass is 79.9. The van der Waals surface area contributed by atoms with Crippen molar-refractivity contribution in [3.63, 3.8) is 0 Å². The second-order valence-electron chi connectivity index (χ2n) is 5.67. The van der Waals surface area contributed by atoms with Gasteiger partial charge < -0.3 is 4.74 Å². The zero-order chi connectivity index (χ0) is 18.3. The maximum atomic E-state index is 12.7. The van der Waals surface area contributed by atoms with Crippen molar-refractivity contribution in [1.82, 2.24) is 10.3 Å². The number of carbonyl (C=O) groups excluding carboxylic acids is 1. The van der Waals surface area contributed by atoms with E-state index in [1.165, 1.54) is 11.8 Å². The third kappa shape index (κ3) is 2.79. The van der Waals surface area contributed by atoms with Crippen molar-refractivity contribution in [2.45, 2.75) is 6.17 Å². The number of carbonyl (C=O) groups is 1. The van der Waals surface area contributed by atoms with E-state index in [0.29, 0.717) is 10.9 Å². The molecule has 0 aliphatic carbocycles. The predicted octanol–water partition coefficient (Wildman–Crippen LogP) is 1.96. The molecule has 0 saturated carbocycles. The first-order valence-electron chi connectivity index (χ1n) is 7.86. The molecule has 2 aliphatic rings. The maximum Gasteiger partial charge on any atom is 0.276 e. The lowest BCUT2D eigenvalue weighted by molar-refractivity contribution is -0.116. The number of ether oxygens (including phenoxy) is 1. The van der Waals surface area contributed by atoms with Gasteiger partial charge >= 0.3 is 0 Å². The van der Waals surface area contributed by atoms with E-state index in [-0.39, 0.29) is 5.91 Å². The molecule has 26 heavy (non-hydrogen) atoms. The molecule has 0 saturated heterocycles. The Labute approximate surface area is 162 Å². The molecule has 0 spiro atoms. The molecular weight excluding hydrogens is 416 g/mol. The van der Waals surface area contributed by atoms with Gasteiger partial charge in [0.1, 0.15) is 11.4 Å². The third-order valence-corrected chi connectivity index (χ3v) is 5.37. The third-order valence-electron chi connectivity index (χ3n) is 4.18. The Bertz CT molecular complexity index is 1050. The first-order valence-corrected chi connectivity index (χ1v) is 9.88. The number of amides is 1. The SMILES string of the molecule is COc1ccc(C2N=c3ccccc3=C3C(=O)NC(SC)=NN32)cc1Br. The lowest BCUT2D eigenvalue weighted by atomic mass is 10.1. The molecule has 0 fully saturated rings. The van der Waals surface area contributed by atoms with Crippen molar-refractivity contribution in [3.05, 3.63) is 63.1 Å². The van der Waals surface area contributed by atoms with Crippen molar-refractivity contribution < 1.29 is 9.53 Å². The van der Waals surface area contributed by atoms with E-state index < -0.39 is 6.17 Å². The lowest BCUT2D eigenvalue weighted by Crippen LogP contribution is -2.50. The van der Waals surface area contributed by atoms with Gasteiger partial charge in [-0.25, -0.2) is 5.01 Å². The summed E-state index contributed by atoms with van der Waals surface area (Å²) in [5.41, 5.74) is 1.41. The molecule has 132 valence electrons. The van der Waals surface area contributed by atoms with Crippen molar-refractivity contribution in [2.24, 2.45) is 10.1 Å². The number of hydrazone groups is 1. The van der Waals surface area contributed by atoms with Crippen molar-refractivity contribution in [1.29, 1.82) is 0 Å². The van der Waals surface area contributed by atoms with E-state index in [4.69, 9.17) is 9.73 Å². The molecule has 0 aromatic heterocycles. The van der Waals surface area contributed by atoms with Gasteiger partial charge in [0, 0.05) is 5.22 Å². The number of rotatable bonds is 2. The first kappa shape index (κ1) is 17.1. The Hall–Kier alpha value is -2.32. The minimum Gasteiger partial charge on any atom is -0.496 e. The van der Waals surface area contributed by atoms with E-state index in [2.05, 4.69) is 26.3 Å². The number of para-hydroxylation sites is 1. The quantitative estimate of drug-likeness (QED) is 0.790. The number of benzene rings is 2. The summed E-state index contributed by atoms with van der Waals surface area (Å²) in [6, 6.07) is 13.4. The Balaban J connectivity index is 1.95. The normalized spacial score (nSPS) is 18.3. The number of amidine groups is 1. The molecule has 2 heterocycles. The summed E-state index contributed by atoms with van der Waals surface area (Å²) in [6.07, 6.45) is 1.44. The van der Waals surface area contributed by atoms with Gasteiger partial charge in [-0.3, -0.25) is 15.1 Å². The van der Waals surface area contributed by atoms with Gasteiger partial charge in [-0.05, 0) is 45.9 Å². The molecule has 1 atom stereocenters. The number of nitrogens with zero attached hydrogens (tertiary/aromatic N) is 3. The van der Waals surface area contributed by atoms with Crippen LogP contribution in [0.1, 0.15) is 11.7 Å². The molecule has 1 amide bonds. The average molecular weight is 431 g/mol. The van der Waals surface area contributed by atoms with Crippen LogP contribution in [-0.4, -0.2) is 29.4 Å². The Kier molecular flexibility index (Phi) is 4.46. The topological polar surface area (TPSA) is 66.3 Å². The Morgan fingerprint density at radius 1 is 1.27 bits per heavy atom. The van der Waals surface area contributed by atoms with E-state index >= 15 is 0 Å². The summed E-state index contributed by atoms with van der Waals surface area (Å²) in [5.74, 6) is 0.558. The highest BCUT2D eigenvalue weighted by Crippen LogP contribution is 2.34. The maximum absolute atomic E-state index is 12.7. The predicted molar refractivity (Wildman–Crippen MR) is 105 cm³/mol. The van der Waals surface area contributed by atoms with Crippen LogP contribution in [0.25, 0.3) is 5.70 Å². The molecule has 1 unspecified atom stereocenters. The van der Waals surface area contributed by atoms with Gasteiger partial charge in [0.05, 0.1) is 16.9 Å². The minimum absolute atomic E-state index is 0.177. The van der Waals surface area contributed by atoms with Crippen molar-refractivity contribution >= 4 is 44.5 Å². The second-order valence-corrected chi connectivity index (χ2v) is 7.32. The molecule has 2 aromatic rings. The minimum atomic E-state index is -0.435. The number of fused-ring (bicyclic) bond motifs is 2. The molecule has 1 N–H and O–H groups in total. The second kappa shape index (κ2) is 6.77. The van der Waals surface area contributed by atoms with Crippen LogP contribution in [0.3, 0.4) is 0 Å². The standard InChI is InChI=1S/C18H15BrN4O2S/c1-25-14-8-7-10(9-12(14)19)16-20-13-6-4-3-5-11(13)15-17(24)21-18(26-2)22-23(15)16/h3-9,16H,1-2H3,(H,21,22,24). The van der Waals surface area contributed by atoms with Crippen LogP contribution < -0.4 is 20.6 Å². The van der Waals surface area contributed by atoms with Gasteiger partial charge in [0.25, 0.3) is 5.91 Å². The van der Waals surface area contributed by atoms with E-state index in [1.54, 1.807) is 12.1 Å². The van der Waals surface area contributed by atoms with Crippen LogP contribution in [0.5, 0.6) is 5.75 Å². The Morgan fingerprint density at radius 2 is 2.08 bits per heavy atom. The molecule has 2 aliphatic heterocycles. The van der Waals surface area contributed by atoms with Crippen LogP contribution in [0, 0.1) is 0 Å². The van der Waals surface area contributed by atoms with E-state index in [0.717, 1.165) is 26.4 Å². The zero-order valence-corrected chi connectivity index (χ0v) is 16.5. The van der Waals surface area contributed by atoms with Gasteiger partial charge in [-0.15, -0.1) is 5.10 Å². The summed E-state index contributed by atoms with van der Waals surface area (Å²) in [5, 5.41) is 11.2. The van der Waals surface area contributed by atoms with Crippen LogP contribution in [0.2, 0.25) is 0 Å². The molecule has 4 rings (SSSR count). The molecule has 0 bridgehead atoms. The van der Waals surface area contributed by atoms with E-state index in [1.807, 2.05) is 48.7 Å². The fourth-order valence-electron chi connectivity index (χ4n) is 2.98. The highest BCUT2D eigenvalue weighted by molar-refractivity contribution is 9.10. The monoisotopic (exact) mass is 430 g/mol. The van der Waals surface area contributed by atoms with Crippen LogP contribution in [0.4, 0.5) is 0 Å². The summed E-state index contributed by atoms with van der Waals surface area (Å²) in [6.45, 7) is 0. The van der Waals surface area contributed by atoms with Gasteiger partial charge in [-0.2, -0.15) is 0 Å². The Morgan fingerprint density at radius 3 is 2.81 bits per heavy atom. The fraction of sp³-hybridized carbons (Fsp3) is 0.167. The summed E-state index contributed by atoms with van der Waals surface area (Å²) < 4.78 is 6.13. The summed E-state index contributed by atoms with van der Waals surface area (Å²) in [7, 11) is 1.62. The molecular formula is C18H15BrN4O2S. The number of hydrogen-bond donors (Lipinski definition) is 1. The average Bonchev–Trinajstić information content (AvgIpc) is 2.66. The number of hydrogen-bond acceptors (Lipinski definition) is 6. The molecule has 6 nitrogen and oxygen atoms in total. The van der Waals surface area contributed by atoms with Crippen molar-refractivity contribution in [2.75, 3.05) is 13.4 Å². The van der Waals surface area contributed by atoms with Crippen LogP contribution in [0.15, 0.2) is 57.0 Å². The highest BCUT2D eigenvalue weighted by Gasteiger charge is 2.34. The fourth-order valence-corrected chi connectivity index (χ4v) is 3.90. The number of methoxy groups -OCH3 is 1. The smallest absolute Gasteiger partial charge is 0.276 e. The first-order chi connectivity index (χ1) is 12.6. The van der Waals surface area contributed by atoms with Gasteiger partial charge in [0.2, 0.25) is 0 Å². The lowest BCUT2D eigenvalue weighted by Gasteiger charge is -2.34. The van der Waals surface area contributed by atoms with Crippen LogP contribution >= 0.6 is 27.7 Å².